The molecule has 2 aliphatic rings. The Morgan fingerprint density at radius 3 is 3.00 bits per heavy atom. The number of thiazole rings is 1. The van der Waals surface area contributed by atoms with Crippen LogP contribution >= 0.6 is 22.9 Å². The second kappa shape index (κ2) is 7.44. The highest BCUT2D eigenvalue weighted by atomic mass is 35.5. The highest BCUT2D eigenvalue weighted by molar-refractivity contribution is 7.93. The van der Waals surface area contributed by atoms with Gasteiger partial charge in [-0.05, 0) is 51.3 Å². The molecule has 28 heavy (non-hydrogen) atoms. The van der Waals surface area contributed by atoms with E-state index in [0.717, 1.165) is 43.6 Å². The van der Waals surface area contributed by atoms with Crippen LogP contribution in [0.15, 0.2) is 28.6 Å². The van der Waals surface area contributed by atoms with Gasteiger partial charge in [-0.3, -0.25) is 9.62 Å². The quantitative estimate of drug-likeness (QED) is 0.699. The standard InChI is InChI=1S/C18H22ClFN4O2S2/c1-12-5-7-18(6-2-9-24(12)18)11-22-13-3-4-14(16(20)15(13)19)28(25,26)23-17-21-8-10-27-17/h3-4,8,10,12,22H,2,5-7,9,11H2,1H3,(H,21,23)/t12-,18-/m0/s1. The Labute approximate surface area is 173 Å². The number of hydrogen-bond donors (Lipinski definition) is 2. The van der Waals surface area contributed by atoms with Crippen molar-refractivity contribution in [3.05, 3.63) is 34.5 Å². The molecule has 0 aliphatic carbocycles. The predicted molar refractivity (Wildman–Crippen MR) is 110 cm³/mol. The van der Waals surface area contributed by atoms with Gasteiger partial charge in [0.15, 0.2) is 10.9 Å². The fraction of sp³-hybridized carbons (Fsp3) is 0.500. The molecule has 2 aliphatic heterocycles. The van der Waals surface area contributed by atoms with E-state index in [1.165, 1.54) is 18.3 Å². The molecule has 152 valence electrons. The lowest BCUT2D eigenvalue weighted by Crippen LogP contribution is -2.46. The van der Waals surface area contributed by atoms with Gasteiger partial charge in [-0.15, -0.1) is 11.3 Å². The van der Waals surface area contributed by atoms with Crippen molar-refractivity contribution in [1.29, 1.82) is 0 Å². The number of aromatic nitrogens is 1. The van der Waals surface area contributed by atoms with Crippen molar-refractivity contribution < 1.29 is 12.8 Å². The Balaban J connectivity index is 1.53. The van der Waals surface area contributed by atoms with Crippen LogP contribution in [-0.4, -0.2) is 43.0 Å². The van der Waals surface area contributed by atoms with Crippen LogP contribution in [0.4, 0.5) is 15.2 Å². The molecule has 0 unspecified atom stereocenters. The van der Waals surface area contributed by atoms with Gasteiger partial charge in [0.05, 0.1) is 5.69 Å². The van der Waals surface area contributed by atoms with Gasteiger partial charge in [-0.2, -0.15) is 0 Å². The number of benzene rings is 1. The largest absolute Gasteiger partial charge is 0.382 e. The zero-order valence-electron chi connectivity index (χ0n) is 15.4. The highest BCUT2D eigenvalue weighted by Crippen LogP contribution is 2.42. The fourth-order valence-corrected chi connectivity index (χ4v) is 6.57. The van der Waals surface area contributed by atoms with Crippen LogP contribution in [0.2, 0.25) is 5.02 Å². The molecule has 1 aromatic heterocycles. The van der Waals surface area contributed by atoms with Crippen LogP contribution < -0.4 is 10.0 Å². The Morgan fingerprint density at radius 2 is 2.25 bits per heavy atom. The van der Waals surface area contributed by atoms with Crippen LogP contribution in [0.1, 0.15) is 32.6 Å². The van der Waals surface area contributed by atoms with Crippen molar-refractivity contribution >= 4 is 43.8 Å². The molecular formula is C18H22ClFN4O2S2. The predicted octanol–water partition coefficient (Wildman–Crippen LogP) is 4.17. The van der Waals surface area contributed by atoms with Gasteiger partial charge < -0.3 is 5.32 Å². The average Bonchev–Trinajstić information content (AvgIpc) is 3.35. The SMILES string of the molecule is C[C@H]1CC[C@]2(CNc3ccc(S(=O)(=O)Nc4nccs4)c(F)c3Cl)CCCN12. The molecule has 0 saturated carbocycles. The molecule has 2 fully saturated rings. The number of nitrogens with one attached hydrogen (secondary N) is 2. The minimum atomic E-state index is -4.10. The maximum Gasteiger partial charge on any atom is 0.266 e. The molecular weight excluding hydrogens is 423 g/mol. The lowest BCUT2D eigenvalue weighted by atomic mass is 9.94. The zero-order chi connectivity index (χ0) is 19.9. The first-order chi connectivity index (χ1) is 13.3. The molecule has 0 radical (unpaired) electrons. The molecule has 3 heterocycles. The molecule has 1 aromatic carbocycles. The zero-order valence-corrected chi connectivity index (χ0v) is 17.8. The van der Waals surface area contributed by atoms with E-state index in [-0.39, 0.29) is 15.7 Å². The van der Waals surface area contributed by atoms with Gasteiger partial charge >= 0.3 is 0 Å². The summed E-state index contributed by atoms with van der Waals surface area (Å²) in [6, 6.07) is 3.32. The summed E-state index contributed by atoms with van der Waals surface area (Å²) in [5.74, 6) is -0.962. The monoisotopic (exact) mass is 444 g/mol. The van der Waals surface area contributed by atoms with Crippen molar-refractivity contribution in [1.82, 2.24) is 9.88 Å². The van der Waals surface area contributed by atoms with Crippen molar-refractivity contribution in [2.75, 3.05) is 23.1 Å². The van der Waals surface area contributed by atoms with E-state index >= 15 is 0 Å². The fourth-order valence-electron chi connectivity index (χ4n) is 4.41. The normalized spacial score (nSPS) is 25.0. The maximum atomic E-state index is 14.8. The minimum absolute atomic E-state index is 0.0797. The summed E-state index contributed by atoms with van der Waals surface area (Å²) < 4.78 is 42.0. The number of anilines is 2. The van der Waals surface area contributed by atoms with Gasteiger partial charge in [0.2, 0.25) is 0 Å². The van der Waals surface area contributed by atoms with E-state index in [1.807, 2.05) is 0 Å². The molecule has 2 aromatic rings. The third-order valence-corrected chi connectivity index (χ3v) is 8.35. The second-order valence-corrected chi connectivity index (χ2v) is 10.4. The Hall–Kier alpha value is -1.42. The van der Waals surface area contributed by atoms with E-state index in [9.17, 15) is 12.8 Å². The Bertz CT molecular complexity index is 970. The molecule has 2 N–H and O–H groups in total. The summed E-state index contributed by atoms with van der Waals surface area (Å²) in [5.41, 5.74) is 0.490. The number of rotatable bonds is 6. The number of fused-ring (bicyclic) bond motifs is 1. The molecule has 4 rings (SSSR count). The van der Waals surface area contributed by atoms with Crippen molar-refractivity contribution in [2.45, 2.75) is 49.1 Å². The molecule has 0 spiro atoms. The van der Waals surface area contributed by atoms with Crippen molar-refractivity contribution in [3.63, 3.8) is 0 Å². The first kappa shape index (κ1) is 19.9. The summed E-state index contributed by atoms with van der Waals surface area (Å²) in [7, 11) is -4.10. The first-order valence-electron chi connectivity index (χ1n) is 9.23. The number of halogens is 2. The number of nitrogens with zero attached hydrogens (tertiary/aromatic N) is 2. The Kier molecular flexibility index (Phi) is 5.28. The molecule has 6 nitrogen and oxygen atoms in total. The van der Waals surface area contributed by atoms with Crippen molar-refractivity contribution in [2.24, 2.45) is 0 Å². The summed E-state index contributed by atoms with van der Waals surface area (Å²) in [6.07, 6.45) is 5.99. The molecule has 2 atom stereocenters. The average molecular weight is 445 g/mol. The number of sulfonamides is 1. The maximum absolute atomic E-state index is 14.8. The third-order valence-electron chi connectivity index (χ3n) is 5.81. The van der Waals surface area contributed by atoms with Crippen LogP contribution in [0.3, 0.4) is 0 Å². The Morgan fingerprint density at radius 1 is 1.43 bits per heavy atom. The smallest absolute Gasteiger partial charge is 0.266 e. The van der Waals surface area contributed by atoms with Gasteiger partial charge in [-0.1, -0.05) is 11.6 Å². The summed E-state index contributed by atoms with van der Waals surface area (Å²) in [6.45, 7) is 4.00. The lowest BCUT2D eigenvalue weighted by Gasteiger charge is -2.34. The van der Waals surface area contributed by atoms with Gasteiger partial charge in [0, 0.05) is 29.7 Å². The summed E-state index contributed by atoms with van der Waals surface area (Å²) in [5, 5.41) is 4.85. The van der Waals surface area contributed by atoms with Gasteiger partial charge in [-0.25, -0.2) is 17.8 Å². The van der Waals surface area contributed by atoms with Crippen molar-refractivity contribution in [3.8, 4) is 0 Å². The highest BCUT2D eigenvalue weighted by Gasteiger charge is 2.47. The van der Waals surface area contributed by atoms with E-state index in [4.69, 9.17) is 11.6 Å². The summed E-state index contributed by atoms with van der Waals surface area (Å²) in [4.78, 5) is 5.90. The second-order valence-electron chi connectivity index (χ2n) is 7.44. The minimum Gasteiger partial charge on any atom is -0.382 e. The third kappa shape index (κ3) is 3.49. The van der Waals surface area contributed by atoms with E-state index in [0.29, 0.717) is 18.3 Å². The van der Waals surface area contributed by atoms with Crippen LogP contribution in [0, 0.1) is 5.82 Å². The van der Waals surface area contributed by atoms with Crippen LogP contribution in [0.5, 0.6) is 0 Å². The molecule has 2 saturated heterocycles. The topological polar surface area (TPSA) is 74.3 Å². The molecule has 0 amide bonds. The number of hydrogen-bond acceptors (Lipinski definition) is 6. The van der Waals surface area contributed by atoms with E-state index in [2.05, 4.69) is 26.8 Å². The summed E-state index contributed by atoms with van der Waals surface area (Å²) >= 11 is 7.30. The lowest BCUT2D eigenvalue weighted by molar-refractivity contribution is 0.170. The van der Waals surface area contributed by atoms with Gasteiger partial charge in [0.25, 0.3) is 10.0 Å². The van der Waals surface area contributed by atoms with E-state index in [1.54, 1.807) is 5.38 Å². The van der Waals surface area contributed by atoms with Gasteiger partial charge in [0.1, 0.15) is 9.92 Å². The van der Waals surface area contributed by atoms with E-state index < -0.39 is 20.7 Å². The molecule has 10 heteroatoms. The van der Waals surface area contributed by atoms with Crippen LogP contribution in [-0.2, 0) is 10.0 Å². The molecule has 0 bridgehead atoms. The van der Waals surface area contributed by atoms with Crippen LogP contribution in [0.25, 0.3) is 0 Å². The first-order valence-corrected chi connectivity index (χ1v) is 12.0.